The lowest BCUT2D eigenvalue weighted by Crippen LogP contribution is -2.34. The van der Waals surface area contributed by atoms with Gasteiger partial charge in [-0.1, -0.05) is 24.3 Å². The highest BCUT2D eigenvalue weighted by molar-refractivity contribution is 5.92. The number of phenols is 1. The molecule has 0 atom stereocenters. The zero-order valence-corrected chi connectivity index (χ0v) is 13.1. The van der Waals surface area contributed by atoms with E-state index in [4.69, 9.17) is 9.47 Å². The van der Waals surface area contributed by atoms with Gasteiger partial charge in [0.2, 0.25) is 0 Å². The first-order chi connectivity index (χ1) is 10.4. The lowest BCUT2D eigenvalue weighted by molar-refractivity contribution is 0.0520. The number of phenolic OH excluding ortho intramolecular Hbond substituents is 1. The van der Waals surface area contributed by atoms with Gasteiger partial charge in [-0.25, -0.2) is 4.79 Å². The zero-order valence-electron chi connectivity index (χ0n) is 13.1. The summed E-state index contributed by atoms with van der Waals surface area (Å²) in [6.45, 7) is 6.08. The van der Waals surface area contributed by atoms with Crippen molar-refractivity contribution in [2.24, 2.45) is 0 Å². The van der Waals surface area contributed by atoms with Crippen LogP contribution in [0.15, 0.2) is 36.4 Å². The minimum Gasteiger partial charge on any atom is -0.507 e. The number of nitrogens with one attached hydrogen (secondary N) is 1. The number of hydrogen-bond acceptors (Lipinski definition) is 4. The Labute approximate surface area is 129 Å². The van der Waals surface area contributed by atoms with Crippen LogP contribution in [-0.2, 0) is 4.74 Å². The molecule has 0 radical (unpaired) electrons. The molecule has 1 amide bonds. The molecule has 0 heterocycles. The van der Waals surface area contributed by atoms with Crippen LogP contribution in [0.3, 0.4) is 0 Å². The van der Waals surface area contributed by atoms with Crippen molar-refractivity contribution in [1.82, 2.24) is 5.32 Å². The van der Waals surface area contributed by atoms with E-state index in [0.717, 1.165) is 10.8 Å². The molecule has 0 aliphatic heterocycles. The van der Waals surface area contributed by atoms with Crippen molar-refractivity contribution in [2.75, 3.05) is 13.2 Å². The predicted octanol–water partition coefficient (Wildman–Crippen LogP) is 3.45. The molecule has 0 saturated heterocycles. The number of aromatic hydroxyl groups is 1. The molecule has 0 aliphatic carbocycles. The number of carbonyl (C=O) groups is 1. The van der Waals surface area contributed by atoms with Crippen LogP contribution in [0.2, 0.25) is 0 Å². The fourth-order valence-electron chi connectivity index (χ4n) is 2.02. The summed E-state index contributed by atoms with van der Waals surface area (Å²) < 4.78 is 10.8. The van der Waals surface area contributed by atoms with Crippen molar-refractivity contribution < 1.29 is 19.4 Å². The van der Waals surface area contributed by atoms with Crippen LogP contribution in [0, 0.1) is 0 Å². The van der Waals surface area contributed by atoms with Crippen LogP contribution >= 0.6 is 0 Å². The van der Waals surface area contributed by atoms with Gasteiger partial charge in [-0.2, -0.15) is 0 Å². The number of rotatable bonds is 4. The molecule has 2 aromatic rings. The van der Waals surface area contributed by atoms with Gasteiger partial charge in [0.15, 0.2) is 0 Å². The topological polar surface area (TPSA) is 67.8 Å². The third kappa shape index (κ3) is 4.28. The lowest BCUT2D eigenvalue weighted by atomic mass is 10.1. The van der Waals surface area contributed by atoms with E-state index in [-0.39, 0.29) is 5.75 Å². The number of benzene rings is 2. The molecule has 0 aliphatic rings. The van der Waals surface area contributed by atoms with Gasteiger partial charge in [0.05, 0.1) is 6.54 Å². The first-order valence-electron chi connectivity index (χ1n) is 7.17. The summed E-state index contributed by atoms with van der Waals surface area (Å²) in [5, 5.41) is 14.0. The second-order valence-electron chi connectivity index (χ2n) is 5.91. The lowest BCUT2D eigenvalue weighted by Gasteiger charge is -2.19. The summed E-state index contributed by atoms with van der Waals surface area (Å²) in [6, 6.07) is 10.8. The van der Waals surface area contributed by atoms with E-state index in [2.05, 4.69) is 5.32 Å². The molecule has 0 fully saturated rings. The first-order valence-corrected chi connectivity index (χ1v) is 7.17. The van der Waals surface area contributed by atoms with Crippen molar-refractivity contribution in [3.05, 3.63) is 36.4 Å². The van der Waals surface area contributed by atoms with Crippen LogP contribution in [0.5, 0.6) is 11.5 Å². The van der Waals surface area contributed by atoms with Gasteiger partial charge in [0, 0.05) is 10.8 Å². The van der Waals surface area contributed by atoms with E-state index < -0.39 is 11.7 Å². The molecule has 2 aromatic carbocycles. The SMILES string of the molecule is CC(C)(C)OC(=O)NCCOc1cccc2c(O)cccc12. The minimum atomic E-state index is -0.516. The Balaban J connectivity index is 1.91. The normalized spacial score (nSPS) is 11.2. The van der Waals surface area contributed by atoms with Crippen molar-refractivity contribution in [1.29, 1.82) is 0 Å². The summed E-state index contributed by atoms with van der Waals surface area (Å²) in [5.41, 5.74) is -0.516. The molecule has 0 spiro atoms. The van der Waals surface area contributed by atoms with Crippen LogP contribution < -0.4 is 10.1 Å². The van der Waals surface area contributed by atoms with Crippen molar-refractivity contribution in [3.63, 3.8) is 0 Å². The second-order valence-corrected chi connectivity index (χ2v) is 5.91. The molecule has 5 heteroatoms. The molecule has 0 aromatic heterocycles. The largest absolute Gasteiger partial charge is 0.507 e. The molecule has 0 saturated carbocycles. The summed E-state index contributed by atoms with van der Waals surface area (Å²) in [4.78, 5) is 11.5. The second kappa shape index (κ2) is 6.56. The highest BCUT2D eigenvalue weighted by atomic mass is 16.6. The van der Waals surface area contributed by atoms with Crippen LogP contribution in [0.4, 0.5) is 4.79 Å². The maximum absolute atomic E-state index is 11.5. The summed E-state index contributed by atoms with van der Waals surface area (Å²) >= 11 is 0. The number of fused-ring (bicyclic) bond motifs is 1. The summed E-state index contributed by atoms with van der Waals surface area (Å²) in [6.07, 6.45) is -0.466. The highest BCUT2D eigenvalue weighted by Crippen LogP contribution is 2.31. The van der Waals surface area contributed by atoms with Crippen LogP contribution in [-0.4, -0.2) is 30.0 Å². The Morgan fingerprint density at radius 2 is 1.82 bits per heavy atom. The summed E-state index contributed by atoms with van der Waals surface area (Å²) in [7, 11) is 0. The summed E-state index contributed by atoms with van der Waals surface area (Å²) in [5.74, 6) is 0.884. The molecule has 0 bridgehead atoms. The van der Waals surface area contributed by atoms with Gasteiger partial charge in [0.1, 0.15) is 23.7 Å². The first kappa shape index (κ1) is 15.9. The van der Waals surface area contributed by atoms with E-state index in [1.165, 1.54) is 0 Å². The van der Waals surface area contributed by atoms with Gasteiger partial charge < -0.3 is 19.9 Å². The van der Waals surface area contributed by atoms with Gasteiger partial charge in [0.25, 0.3) is 0 Å². The van der Waals surface area contributed by atoms with E-state index in [0.29, 0.717) is 18.9 Å². The number of hydrogen-bond donors (Lipinski definition) is 2. The third-order valence-corrected chi connectivity index (χ3v) is 2.89. The molecule has 118 valence electrons. The van der Waals surface area contributed by atoms with E-state index >= 15 is 0 Å². The van der Waals surface area contributed by atoms with Crippen molar-refractivity contribution in [2.45, 2.75) is 26.4 Å². The fourth-order valence-corrected chi connectivity index (χ4v) is 2.02. The van der Waals surface area contributed by atoms with Gasteiger partial charge in [-0.3, -0.25) is 0 Å². The fraction of sp³-hybridized carbons (Fsp3) is 0.353. The molecule has 22 heavy (non-hydrogen) atoms. The number of carbonyl (C=O) groups excluding carboxylic acids is 1. The highest BCUT2D eigenvalue weighted by Gasteiger charge is 2.15. The number of alkyl carbamates (subject to hydrolysis) is 1. The maximum Gasteiger partial charge on any atom is 0.407 e. The smallest absolute Gasteiger partial charge is 0.407 e. The number of ether oxygens (including phenoxy) is 2. The van der Waals surface area contributed by atoms with E-state index in [1.807, 2.05) is 45.0 Å². The average molecular weight is 303 g/mol. The molecule has 5 nitrogen and oxygen atoms in total. The molecule has 2 rings (SSSR count). The molecular weight excluding hydrogens is 282 g/mol. The van der Waals surface area contributed by atoms with Crippen LogP contribution in [0.1, 0.15) is 20.8 Å². The molecule has 2 N–H and O–H groups in total. The van der Waals surface area contributed by atoms with Crippen molar-refractivity contribution >= 4 is 16.9 Å². The Bertz CT molecular complexity index is 661. The van der Waals surface area contributed by atoms with E-state index in [9.17, 15) is 9.90 Å². The predicted molar refractivity (Wildman–Crippen MR) is 85.3 cm³/mol. The Morgan fingerprint density at radius 1 is 1.14 bits per heavy atom. The Hall–Kier alpha value is -2.43. The van der Waals surface area contributed by atoms with Crippen molar-refractivity contribution in [3.8, 4) is 11.5 Å². The van der Waals surface area contributed by atoms with Gasteiger partial charge in [-0.05, 0) is 32.9 Å². The monoisotopic (exact) mass is 303 g/mol. The van der Waals surface area contributed by atoms with Gasteiger partial charge in [-0.15, -0.1) is 0 Å². The van der Waals surface area contributed by atoms with Crippen LogP contribution in [0.25, 0.3) is 10.8 Å². The zero-order chi connectivity index (χ0) is 16.2. The van der Waals surface area contributed by atoms with Gasteiger partial charge >= 0.3 is 6.09 Å². The Kier molecular flexibility index (Phi) is 4.75. The van der Waals surface area contributed by atoms with E-state index in [1.54, 1.807) is 12.1 Å². The minimum absolute atomic E-state index is 0.217. The Morgan fingerprint density at radius 3 is 2.55 bits per heavy atom. The standard InChI is InChI=1S/C17H21NO4/c1-17(2,3)22-16(20)18-10-11-21-15-9-5-6-12-13(15)7-4-8-14(12)19/h4-9,19H,10-11H2,1-3H3,(H,18,20). The number of amides is 1. The maximum atomic E-state index is 11.5. The quantitative estimate of drug-likeness (QED) is 0.849. The molecular formula is C17H21NO4. The molecule has 0 unspecified atom stereocenters. The average Bonchev–Trinajstić information content (AvgIpc) is 2.42. The third-order valence-electron chi connectivity index (χ3n) is 2.89.